The molecular weight excluding hydrogens is 246 g/mol. The number of fused-ring (bicyclic) bond motifs is 3. The number of aromatic nitrogens is 2. The highest BCUT2D eigenvalue weighted by atomic mass is 32.2. The number of anilines is 1. The van der Waals surface area contributed by atoms with Gasteiger partial charge in [-0.1, -0.05) is 0 Å². The molecule has 1 aromatic heterocycles. The molecule has 0 saturated heterocycles. The maximum absolute atomic E-state index is 8.84. The zero-order valence-corrected chi connectivity index (χ0v) is 10.8. The van der Waals surface area contributed by atoms with E-state index in [9.17, 15) is 0 Å². The van der Waals surface area contributed by atoms with Crippen LogP contribution in [-0.2, 0) is 6.42 Å². The molecule has 1 aliphatic heterocycles. The van der Waals surface area contributed by atoms with E-state index < -0.39 is 0 Å². The molecule has 0 bridgehead atoms. The Morgan fingerprint density at radius 3 is 3.17 bits per heavy atom. The van der Waals surface area contributed by atoms with Crippen LogP contribution in [0.25, 0.3) is 10.9 Å². The van der Waals surface area contributed by atoms with Crippen LogP contribution in [0.5, 0.6) is 0 Å². The average Bonchev–Trinajstić information content (AvgIpc) is 2.87. The molecule has 1 aliphatic rings. The first-order valence-electron chi connectivity index (χ1n) is 6.14. The first kappa shape index (κ1) is 11.7. The largest absolute Gasteiger partial charge is 0.396 e. The summed E-state index contributed by atoms with van der Waals surface area (Å²) in [6, 6.07) is 4.21. The van der Waals surface area contributed by atoms with Gasteiger partial charge in [-0.25, -0.2) is 9.97 Å². The molecule has 1 aromatic carbocycles. The van der Waals surface area contributed by atoms with Crippen LogP contribution < -0.4 is 5.32 Å². The molecule has 0 fully saturated rings. The van der Waals surface area contributed by atoms with Gasteiger partial charge in [0.25, 0.3) is 0 Å². The fraction of sp³-hybridized carbons (Fsp3) is 0.385. The standard InChI is InChI=1S/C13H15N3OS/c17-6-1-5-14-13-12-9-4-7-18-11(9)3-2-10(12)15-8-16-13/h2-3,8,17H,1,4-7H2,(H,14,15,16). The van der Waals surface area contributed by atoms with Crippen LogP contribution in [0, 0.1) is 0 Å². The normalized spacial score (nSPS) is 13.8. The average molecular weight is 261 g/mol. The summed E-state index contributed by atoms with van der Waals surface area (Å²) >= 11 is 1.90. The van der Waals surface area contributed by atoms with Crippen molar-refractivity contribution in [1.82, 2.24) is 9.97 Å². The lowest BCUT2D eigenvalue weighted by Gasteiger charge is -2.10. The summed E-state index contributed by atoms with van der Waals surface area (Å²) < 4.78 is 0. The number of benzene rings is 1. The Labute approximate surface area is 110 Å². The van der Waals surface area contributed by atoms with E-state index in [4.69, 9.17) is 5.11 Å². The first-order chi connectivity index (χ1) is 8.90. The summed E-state index contributed by atoms with van der Waals surface area (Å²) in [6.07, 6.45) is 3.41. The minimum absolute atomic E-state index is 0.198. The number of aliphatic hydroxyl groups excluding tert-OH is 1. The number of thioether (sulfide) groups is 1. The quantitative estimate of drug-likeness (QED) is 0.825. The van der Waals surface area contributed by atoms with Crippen LogP contribution in [0.1, 0.15) is 12.0 Å². The van der Waals surface area contributed by atoms with Gasteiger partial charge in [0.1, 0.15) is 12.1 Å². The summed E-state index contributed by atoms with van der Waals surface area (Å²) in [6.45, 7) is 0.934. The van der Waals surface area contributed by atoms with Gasteiger partial charge < -0.3 is 10.4 Å². The van der Waals surface area contributed by atoms with Gasteiger partial charge in [0.05, 0.1) is 5.52 Å². The molecule has 0 aliphatic carbocycles. The molecule has 94 valence electrons. The Morgan fingerprint density at radius 2 is 2.28 bits per heavy atom. The minimum atomic E-state index is 0.198. The van der Waals surface area contributed by atoms with Gasteiger partial charge in [-0.2, -0.15) is 0 Å². The van der Waals surface area contributed by atoms with Crippen molar-refractivity contribution in [2.24, 2.45) is 0 Å². The lowest BCUT2D eigenvalue weighted by Crippen LogP contribution is -2.06. The van der Waals surface area contributed by atoms with Gasteiger partial charge >= 0.3 is 0 Å². The van der Waals surface area contributed by atoms with Crippen LogP contribution >= 0.6 is 11.8 Å². The van der Waals surface area contributed by atoms with Crippen molar-refractivity contribution in [3.63, 3.8) is 0 Å². The zero-order chi connectivity index (χ0) is 12.4. The number of rotatable bonds is 4. The molecule has 0 atom stereocenters. The summed E-state index contributed by atoms with van der Waals surface area (Å²) in [5, 5.41) is 13.3. The second-order valence-corrected chi connectivity index (χ2v) is 5.40. The van der Waals surface area contributed by atoms with E-state index in [-0.39, 0.29) is 6.61 Å². The molecule has 0 saturated carbocycles. The van der Waals surface area contributed by atoms with Crippen LogP contribution in [0.15, 0.2) is 23.4 Å². The van der Waals surface area contributed by atoms with Gasteiger partial charge in [-0.3, -0.25) is 0 Å². The van der Waals surface area contributed by atoms with Crippen molar-refractivity contribution >= 4 is 28.5 Å². The fourth-order valence-corrected chi connectivity index (χ4v) is 3.34. The van der Waals surface area contributed by atoms with Crippen molar-refractivity contribution in [2.75, 3.05) is 24.2 Å². The molecule has 4 nitrogen and oxygen atoms in total. The van der Waals surface area contributed by atoms with Gasteiger partial charge in [-0.05, 0) is 30.5 Å². The van der Waals surface area contributed by atoms with Crippen LogP contribution in [0.4, 0.5) is 5.82 Å². The molecule has 3 rings (SSSR count). The number of nitrogens with one attached hydrogen (secondary N) is 1. The summed E-state index contributed by atoms with van der Waals surface area (Å²) in [5.41, 5.74) is 2.36. The van der Waals surface area contributed by atoms with Crippen LogP contribution in [0.3, 0.4) is 0 Å². The topological polar surface area (TPSA) is 58.0 Å². The second kappa shape index (κ2) is 5.12. The summed E-state index contributed by atoms with van der Waals surface area (Å²) in [7, 11) is 0. The van der Waals surface area contributed by atoms with Crippen molar-refractivity contribution in [2.45, 2.75) is 17.7 Å². The summed E-state index contributed by atoms with van der Waals surface area (Å²) in [5.74, 6) is 2.03. The Morgan fingerprint density at radius 1 is 1.33 bits per heavy atom. The number of aliphatic hydroxyl groups is 1. The molecule has 2 aromatic rings. The van der Waals surface area contributed by atoms with Crippen molar-refractivity contribution in [3.8, 4) is 0 Å². The SMILES string of the molecule is OCCCNc1ncnc2ccc3c(c12)CCS3. The Hall–Kier alpha value is -1.33. The zero-order valence-electron chi connectivity index (χ0n) is 10.0. The van der Waals surface area contributed by atoms with Gasteiger partial charge in [0.15, 0.2) is 0 Å². The smallest absolute Gasteiger partial charge is 0.137 e. The van der Waals surface area contributed by atoms with E-state index in [0.29, 0.717) is 0 Å². The Balaban J connectivity index is 2.05. The molecule has 0 amide bonds. The number of hydrogen-bond acceptors (Lipinski definition) is 5. The third-order valence-electron chi connectivity index (χ3n) is 3.11. The number of hydrogen-bond donors (Lipinski definition) is 2. The molecule has 2 heterocycles. The van der Waals surface area contributed by atoms with E-state index in [0.717, 1.165) is 41.9 Å². The van der Waals surface area contributed by atoms with Crippen LogP contribution in [-0.4, -0.2) is 34.0 Å². The Kier molecular flexibility index (Phi) is 3.34. The number of nitrogens with zero attached hydrogens (tertiary/aromatic N) is 2. The van der Waals surface area contributed by atoms with E-state index in [1.54, 1.807) is 6.33 Å². The van der Waals surface area contributed by atoms with Gasteiger partial charge in [0.2, 0.25) is 0 Å². The van der Waals surface area contributed by atoms with Gasteiger partial charge in [-0.15, -0.1) is 11.8 Å². The van der Waals surface area contributed by atoms with E-state index in [2.05, 4.69) is 27.4 Å². The third-order valence-corrected chi connectivity index (χ3v) is 4.21. The molecule has 0 unspecified atom stereocenters. The van der Waals surface area contributed by atoms with Crippen molar-refractivity contribution in [3.05, 3.63) is 24.0 Å². The molecule has 5 heteroatoms. The maximum atomic E-state index is 8.84. The van der Waals surface area contributed by atoms with Gasteiger partial charge in [0, 0.05) is 29.2 Å². The third kappa shape index (κ3) is 2.04. The van der Waals surface area contributed by atoms with E-state index in [1.807, 2.05) is 11.8 Å². The van der Waals surface area contributed by atoms with Crippen LogP contribution in [0.2, 0.25) is 0 Å². The highest BCUT2D eigenvalue weighted by Gasteiger charge is 2.17. The highest BCUT2D eigenvalue weighted by Crippen LogP contribution is 2.37. The predicted octanol–water partition coefficient (Wildman–Crippen LogP) is 2.07. The second-order valence-electron chi connectivity index (χ2n) is 4.26. The predicted molar refractivity (Wildman–Crippen MR) is 74.2 cm³/mol. The fourth-order valence-electron chi connectivity index (χ4n) is 2.27. The van der Waals surface area contributed by atoms with E-state index >= 15 is 0 Å². The molecule has 0 spiro atoms. The highest BCUT2D eigenvalue weighted by molar-refractivity contribution is 7.99. The summed E-state index contributed by atoms with van der Waals surface area (Å²) in [4.78, 5) is 10.0. The molecule has 0 radical (unpaired) electrons. The van der Waals surface area contributed by atoms with Crippen molar-refractivity contribution < 1.29 is 5.11 Å². The number of aryl methyl sites for hydroxylation is 1. The monoisotopic (exact) mass is 261 g/mol. The molecular formula is C13H15N3OS. The molecule has 2 N–H and O–H groups in total. The maximum Gasteiger partial charge on any atom is 0.137 e. The Bertz CT molecular complexity index is 573. The first-order valence-corrected chi connectivity index (χ1v) is 7.13. The van der Waals surface area contributed by atoms with Crippen molar-refractivity contribution in [1.29, 1.82) is 0 Å². The molecule has 18 heavy (non-hydrogen) atoms. The minimum Gasteiger partial charge on any atom is -0.396 e. The lowest BCUT2D eigenvalue weighted by atomic mass is 10.1. The van der Waals surface area contributed by atoms with E-state index in [1.165, 1.54) is 10.5 Å². The lowest BCUT2D eigenvalue weighted by molar-refractivity contribution is 0.292.